The first-order valence-electron chi connectivity index (χ1n) is 17.9. The van der Waals surface area contributed by atoms with Crippen molar-refractivity contribution in [3.8, 4) is 33.8 Å². The molecule has 0 radical (unpaired) electrons. The van der Waals surface area contributed by atoms with Crippen molar-refractivity contribution < 1.29 is 49.9 Å². The Balaban J connectivity index is 0.000000214. The Morgan fingerprint density at radius 3 is 1.62 bits per heavy atom. The van der Waals surface area contributed by atoms with Crippen molar-refractivity contribution >= 4 is 22.1 Å². The van der Waals surface area contributed by atoms with Gasteiger partial charge in [0.05, 0.1) is 51.9 Å². The van der Waals surface area contributed by atoms with Gasteiger partial charge in [0.2, 0.25) is 0 Å². The van der Waals surface area contributed by atoms with Crippen molar-refractivity contribution in [1.82, 2.24) is 0 Å². The fraction of sp³-hybridized carbons (Fsp3) is 0.349. The van der Waals surface area contributed by atoms with Gasteiger partial charge in [-0.1, -0.05) is 38.1 Å². The van der Waals surface area contributed by atoms with E-state index in [9.17, 15) is 26.8 Å². The fourth-order valence-corrected chi connectivity index (χ4v) is 8.18. The van der Waals surface area contributed by atoms with Crippen molar-refractivity contribution in [2.75, 3.05) is 34.7 Å². The Morgan fingerprint density at radius 1 is 0.655 bits per heavy atom. The molecule has 0 aliphatic heterocycles. The predicted octanol–water partition coefficient (Wildman–Crippen LogP) is 9.11. The Labute approximate surface area is 321 Å². The molecule has 1 fully saturated rings. The highest BCUT2D eigenvalue weighted by Crippen LogP contribution is 2.46. The molecule has 2 aliphatic rings. The fourth-order valence-electron chi connectivity index (χ4n) is 7.51. The van der Waals surface area contributed by atoms with Gasteiger partial charge in [0.15, 0.2) is 0 Å². The summed E-state index contributed by atoms with van der Waals surface area (Å²) in [6.45, 7) is 4.15. The molecule has 0 heterocycles. The zero-order chi connectivity index (χ0) is 40.0. The minimum atomic E-state index is -3.69. The molecule has 0 spiro atoms. The lowest BCUT2D eigenvalue weighted by atomic mass is 9.83. The number of benzene rings is 4. The molecule has 5 unspecified atom stereocenters. The lowest BCUT2D eigenvalue weighted by Crippen LogP contribution is -2.23. The van der Waals surface area contributed by atoms with Crippen LogP contribution in [-0.4, -0.2) is 61.2 Å². The molecule has 0 amide bonds. The summed E-state index contributed by atoms with van der Waals surface area (Å²) < 4.78 is 78.4. The third-order valence-corrected chi connectivity index (χ3v) is 10.9. The van der Waals surface area contributed by atoms with E-state index in [2.05, 4.69) is 19.1 Å². The Kier molecular flexibility index (Phi) is 13.1. The van der Waals surface area contributed by atoms with Crippen molar-refractivity contribution in [2.45, 2.75) is 51.0 Å². The number of carbonyl (C=O) groups excluding carboxylic acids is 2. The summed E-state index contributed by atoms with van der Waals surface area (Å²) >= 11 is 0. The molecule has 55 heavy (non-hydrogen) atoms. The van der Waals surface area contributed by atoms with Crippen LogP contribution in [0.25, 0.3) is 22.3 Å². The largest absolute Gasteiger partial charge is 0.497 e. The van der Waals surface area contributed by atoms with Crippen LogP contribution >= 0.6 is 0 Å². The topological polar surface area (TPSA) is 114 Å². The van der Waals surface area contributed by atoms with Crippen LogP contribution in [0.3, 0.4) is 0 Å². The highest BCUT2D eigenvalue weighted by Gasteiger charge is 2.39. The van der Waals surface area contributed by atoms with Crippen LogP contribution in [0.4, 0.5) is 8.78 Å². The molecule has 2 aliphatic carbocycles. The summed E-state index contributed by atoms with van der Waals surface area (Å²) in [6.07, 6.45) is 6.92. The van der Waals surface area contributed by atoms with E-state index in [1.807, 2.05) is 13.0 Å². The lowest BCUT2D eigenvalue weighted by Gasteiger charge is -2.26. The smallest absolute Gasteiger partial charge is 0.337 e. The van der Waals surface area contributed by atoms with Crippen molar-refractivity contribution in [3.63, 3.8) is 0 Å². The maximum Gasteiger partial charge on any atom is 0.337 e. The van der Waals surface area contributed by atoms with E-state index in [-0.39, 0.29) is 23.6 Å². The number of allylic oxidation sites excluding steroid dienone is 2. The third-order valence-electron chi connectivity index (χ3n) is 10.3. The first kappa shape index (κ1) is 41.1. The standard InChI is InChI=1S/C22H25FO6S.C21H21FO3/c1-13-5-10-20(29-30(4,25)26)21(13)18-11-14(22(24)28-3)6-8-16(18)17-12-15(27-2)7-9-19(17)23;1-13-5-4-6-16(13)18-11-14(21(23)25-3)7-9-17(18)19-12-15(24-2)8-10-20(19)22/h6-9,11-13,20-21H,5,10H2,1-4H3;4,6-13,16H,5H2,1-3H3. The summed E-state index contributed by atoms with van der Waals surface area (Å²) in [5.74, 6) is -0.370. The van der Waals surface area contributed by atoms with Crippen LogP contribution in [0.15, 0.2) is 84.9 Å². The third kappa shape index (κ3) is 9.42. The number of hydrogen-bond donors (Lipinski definition) is 0. The van der Waals surface area contributed by atoms with Gasteiger partial charge in [-0.3, -0.25) is 4.18 Å². The summed E-state index contributed by atoms with van der Waals surface area (Å²) in [7, 11) is 2.00. The van der Waals surface area contributed by atoms with Gasteiger partial charge in [0, 0.05) is 23.0 Å². The van der Waals surface area contributed by atoms with Crippen LogP contribution in [0.1, 0.15) is 76.8 Å². The molecule has 292 valence electrons. The average molecular weight is 777 g/mol. The van der Waals surface area contributed by atoms with E-state index in [0.717, 1.165) is 30.2 Å². The minimum Gasteiger partial charge on any atom is -0.497 e. The van der Waals surface area contributed by atoms with Gasteiger partial charge >= 0.3 is 11.9 Å². The zero-order valence-electron chi connectivity index (χ0n) is 31.9. The van der Waals surface area contributed by atoms with E-state index in [0.29, 0.717) is 57.2 Å². The van der Waals surface area contributed by atoms with Crippen LogP contribution in [0.2, 0.25) is 0 Å². The number of ether oxygens (including phenoxy) is 4. The predicted molar refractivity (Wildman–Crippen MR) is 206 cm³/mol. The first-order chi connectivity index (χ1) is 26.2. The second-order valence-electron chi connectivity index (χ2n) is 13.9. The maximum absolute atomic E-state index is 14.8. The van der Waals surface area contributed by atoms with E-state index in [1.54, 1.807) is 55.6 Å². The second kappa shape index (κ2) is 17.6. The quantitative estimate of drug-likeness (QED) is 0.0884. The van der Waals surface area contributed by atoms with E-state index < -0.39 is 34.0 Å². The van der Waals surface area contributed by atoms with Gasteiger partial charge in [0.1, 0.15) is 23.1 Å². The van der Waals surface area contributed by atoms with Crippen LogP contribution in [-0.2, 0) is 23.8 Å². The monoisotopic (exact) mass is 776 g/mol. The molecule has 5 atom stereocenters. The summed E-state index contributed by atoms with van der Waals surface area (Å²) in [4.78, 5) is 24.1. The van der Waals surface area contributed by atoms with Crippen molar-refractivity contribution in [2.24, 2.45) is 11.8 Å². The highest BCUT2D eigenvalue weighted by atomic mass is 32.2. The summed E-state index contributed by atoms with van der Waals surface area (Å²) in [5.41, 5.74) is 4.44. The Hall–Kier alpha value is -5.07. The maximum atomic E-state index is 14.8. The van der Waals surface area contributed by atoms with Crippen LogP contribution < -0.4 is 9.47 Å². The molecule has 4 aromatic rings. The van der Waals surface area contributed by atoms with Gasteiger partial charge in [0.25, 0.3) is 10.1 Å². The number of carbonyl (C=O) groups is 2. The average Bonchev–Trinajstić information content (AvgIpc) is 3.77. The molecular formula is C43H46F2O9S. The molecule has 4 aromatic carbocycles. The van der Waals surface area contributed by atoms with E-state index >= 15 is 0 Å². The number of methoxy groups -OCH3 is 4. The molecule has 0 aromatic heterocycles. The molecule has 0 N–H and O–H groups in total. The summed E-state index contributed by atoms with van der Waals surface area (Å²) in [5, 5.41) is 0. The normalized spacial score (nSPS) is 20.3. The lowest BCUT2D eigenvalue weighted by molar-refractivity contribution is 0.0591. The zero-order valence-corrected chi connectivity index (χ0v) is 32.7. The Bertz CT molecular complexity index is 2180. The molecule has 12 heteroatoms. The molecule has 0 bridgehead atoms. The number of rotatable bonds is 10. The van der Waals surface area contributed by atoms with Crippen LogP contribution in [0.5, 0.6) is 11.5 Å². The first-order valence-corrected chi connectivity index (χ1v) is 19.7. The van der Waals surface area contributed by atoms with Gasteiger partial charge in [-0.05, 0) is 114 Å². The van der Waals surface area contributed by atoms with Crippen molar-refractivity contribution in [3.05, 3.63) is 119 Å². The molecule has 9 nitrogen and oxygen atoms in total. The van der Waals surface area contributed by atoms with Gasteiger partial charge in [-0.15, -0.1) is 0 Å². The highest BCUT2D eigenvalue weighted by molar-refractivity contribution is 7.86. The number of esters is 2. The summed E-state index contributed by atoms with van der Waals surface area (Å²) in [6, 6.07) is 19.3. The van der Waals surface area contributed by atoms with Gasteiger partial charge in [-0.25, -0.2) is 18.4 Å². The van der Waals surface area contributed by atoms with Gasteiger partial charge in [-0.2, -0.15) is 8.42 Å². The number of hydrogen-bond acceptors (Lipinski definition) is 9. The molecule has 1 saturated carbocycles. The van der Waals surface area contributed by atoms with Crippen LogP contribution in [0, 0.1) is 23.5 Å². The number of halogens is 2. The van der Waals surface area contributed by atoms with E-state index in [1.165, 1.54) is 39.5 Å². The second-order valence-corrected chi connectivity index (χ2v) is 15.5. The van der Waals surface area contributed by atoms with E-state index in [4.69, 9.17) is 23.1 Å². The molecular weight excluding hydrogens is 731 g/mol. The molecule has 0 saturated heterocycles. The van der Waals surface area contributed by atoms with Gasteiger partial charge < -0.3 is 18.9 Å². The Morgan fingerprint density at radius 2 is 1.16 bits per heavy atom. The molecule has 6 rings (SSSR count). The minimum absolute atomic E-state index is 0.0667. The SMILES string of the molecule is COC(=O)c1ccc(-c2cc(OC)ccc2F)c(C2C(C)CCC2OS(C)(=O)=O)c1.COC(=O)c1ccc(-c2cc(OC)ccc2F)c(C2C=CCC2C)c1. The van der Waals surface area contributed by atoms with Crippen molar-refractivity contribution in [1.29, 1.82) is 0 Å².